The summed E-state index contributed by atoms with van der Waals surface area (Å²) in [6.07, 6.45) is 4.70. The van der Waals surface area contributed by atoms with Crippen LogP contribution < -0.4 is 10.1 Å². The third-order valence-corrected chi connectivity index (χ3v) is 6.81. The molecule has 0 radical (unpaired) electrons. The molecule has 0 saturated carbocycles. The van der Waals surface area contributed by atoms with E-state index >= 15 is 0 Å². The summed E-state index contributed by atoms with van der Waals surface area (Å²) >= 11 is 0. The first-order valence-corrected chi connectivity index (χ1v) is 10.7. The second-order valence-corrected chi connectivity index (χ2v) is 8.85. The number of carbonyl (C=O) groups excluding carboxylic acids is 1. The van der Waals surface area contributed by atoms with Crippen molar-refractivity contribution in [2.75, 3.05) is 20.2 Å². The molecule has 28 heavy (non-hydrogen) atoms. The molecule has 0 spiro atoms. The van der Waals surface area contributed by atoms with Gasteiger partial charge in [0, 0.05) is 32.0 Å². The zero-order valence-electron chi connectivity index (χ0n) is 16.1. The van der Waals surface area contributed by atoms with Crippen molar-refractivity contribution in [2.45, 2.75) is 31.2 Å². The normalized spacial score (nSPS) is 17.9. The van der Waals surface area contributed by atoms with Crippen molar-refractivity contribution in [1.29, 1.82) is 0 Å². The third-order valence-electron chi connectivity index (χ3n) is 4.95. The minimum absolute atomic E-state index is 0.130. The molecule has 1 N–H and O–H groups in total. The maximum atomic E-state index is 13.0. The SMILES string of the molecule is COc1ccc(S(=O)(=O)N2CCC[C@@H](C(=O)NCc3cccnc3)C2)cc1C. The summed E-state index contributed by atoms with van der Waals surface area (Å²) in [6.45, 7) is 2.79. The number of piperidine rings is 1. The highest BCUT2D eigenvalue weighted by Crippen LogP contribution is 2.27. The molecular weight excluding hydrogens is 378 g/mol. The highest BCUT2D eigenvalue weighted by Gasteiger charge is 2.33. The van der Waals surface area contributed by atoms with E-state index in [0.717, 1.165) is 11.1 Å². The van der Waals surface area contributed by atoms with Crippen LogP contribution in [0.1, 0.15) is 24.0 Å². The fourth-order valence-corrected chi connectivity index (χ4v) is 4.98. The van der Waals surface area contributed by atoms with Crippen LogP contribution in [0.4, 0.5) is 0 Å². The van der Waals surface area contributed by atoms with Crippen LogP contribution in [-0.2, 0) is 21.4 Å². The number of benzene rings is 1. The Morgan fingerprint density at radius 1 is 1.36 bits per heavy atom. The van der Waals surface area contributed by atoms with Crippen LogP contribution >= 0.6 is 0 Å². The Hall–Kier alpha value is -2.45. The predicted molar refractivity (Wildman–Crippen MR) is 105 cm³/mol. The number of nitrogens with one attached hydrogen (secondary N) is 1. The molecule has 1 aromatic carbocycles. The van der Waals surface area contributed by atoms with E-state index in [0.29, 0.717) is 31.7 Å². The lowest BCUT2D eigenvalue weighted by Gasteiger charge is -2.31. The van der Waals surface area contributed by atoms with Crippen molar-refractivity contribution in [3.8, 4) is 5.75 Å². The number of ether oxygens (including phenoxy) is 1. The van der Waals surface area contributed by atoms with Crippen molar-refractivity contribution in [3.05, 3.63) is 53.9 Å². The van der Waals surface area contributed by atoms with Gasteiger partial charge < -0.3 is 10.1 Å². The molecule has 2 aromatic rings. The Labute approximate surface area is 165 Å². The number of hydrogen-bond donors (Lipinski definition) is 1. The smallest absolute Gasteiger partial charge is 0.243 e. The zero-order chi connectivity index (χ0) is 20.1. The lowest BCUT2D eigenvalue weighted by Crippen LogP contribution is -2.45. The van der Waals surface area contributed by atoms with E-state index in [2.05, 4.69) is 10.3 Å². The molecule has 8 heteroatoms. The fourth-order valence-electron chi connectivity index (χ4n) is 3.37. The number of carbonyl (C=O) groups is 1. The standard InChI is InChI=1S/C20H25N3O4S/c1-15-11-18(7-8-19(15)27-2)28(25,26)23-10-4-6-17(14-23)20(24)22-13-16-5-3-9-21-12-16/h3,5,7-9,11-12,17H,4,6,10,13-14H2,1-2H3,(H,22,24)/t17-/m1/s1. The van der Waals surface area contributed by atoms with Crippen LogP contribution in [-0.4, -0.2) is 43.8 Å². The van der Waals surface area contributed by atoms with Gasteiger partial charge in [-0.3, -0.25) is 9.78 Å². The van der Waals surface area contributed by atoms with Gasteiger partial charge >= 0.3 is 0 Å². The highest BCUT2D eigenvalue weighted by molar-refractivity contribution is 7.89. The Morgan fingerprint density at radius 2 is 2.18 bits per heavy atom. The number of methoxy groups -OCH3 is 1. The number of amides is 1. The van der Waals surface area contributed by atoms with Crippen LogP contribution in [0.25, 0.3) is 0 Å². The van der Waals surface area contributed by atoms with Crippen molar-refractivity contribution < 1.29 is 17.9 Å². The molecule has 150 valence electrons. The molecule has 1 amide bonds. The maximum Gasteiger partial charge on any atom is 0.243 e. The lowest BCUT2D eigenvalue weighted by atomic mass is 9.99. The quantitative estimate of drug-likeness (QED) is 0.798. The molecular formula is C20H25N3O4S. The Bertz CT molecular complexity index is 932. The number of aromatic nitrogens is 1. The van der Waals surface area contributed by atoms with Crippen molar-refractivity contribution in [3.63, 3.8) is 0 Å². The van der Waals surface area contributed by atoms with Gasteiger partial charge in [0.15, 0.2) is 0 Å². The summed E-state index contributed by atoms with van der Waals surface area (Å²) in [5, 5.41) is 2.89. The second kappa shape index (κ2) is 8.70. The van der Waals surface area contributed by atoms with Gasteiger partial charge in [-0.15, -0.1) is 0 Å². The number of rotatable bonds is 6. The predicted octanol–water partition coefficient (Wildman–Crippen LogP) is 2.12. The van der Waals surface area contributed by atoms with Gasteiger partial charge in [-0.25, -0.2) is 8.42 Å². The molecule has 1 fully saturated rings. The van der Waals surface area contributed by atoms with Gasteiger partial charge in [0.2, 0.25) is 15.9 Å². The first-order valence-electron chi connectivity index (χ1n) is 9.23. The Morgan fingerprint density at radius 3 is 2.86 bits per heavy atom. The molecule has 1 aromatic heterocycles. The summed E-state index contributed by atoms with van der Waals surface area (Å²) < 4.78 is 32.7. The van der Waals surface area contributed by atoms with Crippen LogP contribution in [0, 0.1) is 12.8 Å². The number of pyridine rings is 1. The molecule has 1 atom stereocenters. The summed E-state index contributed by atoms with van der Waals surface area (Å²) in [5.41, 5.74) is 1.66. The van der Waals surface area contributed by atoms with Gasteiger partial charge in [-0.2, -0.15) is 4.31 Å². The maximum absolute atomic E-state index is 13.0. The van der Waals surface area contributed by atoms with Crippen molar-refractivity contribution >= 4 is 15.9 Å². The summed E-state index contributed by atoms with van der Waals surface area (Å²) in [7, 11) is -2.10. The third kappa shape index (κ3) is 4.51. The average Bonchev–Trinajstić information content (AvgIpc) is 2.72. The first-order chi connectivity index (χ1) is 13.4. The zero-order valence-corrected chi connectivity index (χ0v) is 16.9. The van der Waals surface area contributed by atoms with E-state index < -0.39 is 10.0 Å². The minimum atomic E-state index is -3.66. The summed E-state index contributed by atoms with van der Waals surface area (Å²) in [6, 6.07) is 8.52. The van der Waals surface area contributed by atoms with E-state index in [9.17, 15) is 13.2 Å². The summed E-state index contributed by atoms with van der Waals surface area (Å²) in [5.74, 6) is 0.152. The van der Waals surface area contributed by atoms with Crippen molar-refractivity contribution in [1.82, 2.24) is 14.6 Å². The number of nitrogens with zero attached hydrogens (tertiary/aromatic N) is 2. The number of aryl methyl sites for hydroxylation is 1. The number of sulfonamides is 1. The second-order valence-electron chi connectivity index (χ2n) is 6.91. The Balaban J connectivity index is 1.68. The number of hydrogen-bond acceptors (Lipinski definition) is 5. The molecule has 7 nitrogen and oxygen atoms in total. The molecule has 1 aliphatic heterocycles. The van der Waals surface area contributed by atoms with E-state index in [1.165, 1.54) is 4.31 Å². The van der Waals surface area contributed by atoms with Gasteiger partial charge in [-0.05, 0) is 55.2 Å². The highest BCUT2D eigenvalue weighted by atomic mass is 32.2. The first kappa shape index (κ1) is 20.3. The largest absolute Gasteiger partial charge is 0.496 e. The molecule has 0 aliphatic carbocycles. The monoisotopic (exact) mass is 403 g/mol. The molecule has 3 rings (SSSR count). The van der Waals surface area contributed by atoms with E-state index in [-0.39, 0.29) is 23.3 Å². The molecule has 0 bridgehead atoms. The van der Waals surface area contributed by atoms with Crippen LogP contribution in [0.3, 0.4) is 0 Å². The molecule has 1 saturated heterocycles. The average molecular weight is 404 g/mol. The van der Waals surface area contributed by atoms with Gasteiger partial charge in [-0.1, -0.05) is 6.07 Å². The molecule has 1 aliphatic rings. The van der Waals surface area contributed by atoms with E-state index in [4.69, 9.17) is 4.74 Å². The Kier molecular flexibility index (Phi) is 6.31. The molecule has 2 heterocycles. The van der Waals surface area contributed by atoms with Gasteiger partial charge in [0.25, 0.3) is 0 Å². The van der Waals surface area contributed by atoms with Crippen LogP contribution in [0.15, 0.2) is 47.6 Å². The summed E-state index contributed by atoms with van der Waals surface area (Å²) in [4.78, 5) is 16.8. The van der Waals surface area contributed by atoms with Gasteiger partial charge in [0.1, 0.15) is 5.75 Å². The van der Waals surface area contributed by atoms with E-state index in [1.54, 1.807) is 37.7 Å². The van der Waals surface area contributed by atoms with Gasteiger partial charge in [0.05, 0.1) is 17.9 Å². The van der Waals surface area contributed by atoms with Crippen molar-refractivity contribution in [2.24, 2.45) is 5.92 Å². The fraction of sp³-hybridized carbons (Fsp3) is 0.400. The lowest BCUT2D eigenvalue weighted by molar-refractivity contribution is -0.126. The minimum Gasteiger partial charge on any atom is -0.496 e. The topological polar surface area (TPSA) is 88.6 Å². The van der Waals surface area contributed by atoms with E-state index in [1.807, 2.05) is 19.1 Å². The molecule has 0 unspecified atom stereocenters. The van der Waals surface area contributed by atoms with Crippen LogP contribution in [0.5, 0.6) is 5.75 Å². The van der Waals surface area contributed by atoms with Crippen LogP contribution in [0.2, 0.25) is 0 Å².